The fraction of sp³-hybridized carbons (Fsp3) is 0.605. The van der Waals surface area contributed by atoms with Crippen molar-refractivity contribution in [2.75, 3.05) is 42.9 Å². The topological polar surface area (TPSA) is 186 Å². The number of aromatic amines is 1. The lowest BCUT2D eigenvalue weighted by Gasteiger charge is -2.39. The zero-order chi connectivity index (χ0) is 37.2. The number of piperazine rings is 1. The number of fused-ring (bicyclic) bond motifs is 1. The minimum absolute atomic E-state index is 0.0121. The van der Waals surface area contributed by atoms with Gasteiger partial charge in [-0.2, -0.15) is 5.10 Å². The van der Waals surface area contributed by atoms with Crippen molar-refractivity contribution in [2.24, 2.45) is 11.8 Å². The van der Waals surface area contributed by atoms with Gasteiger partial charge in [0, 0.05) is 75.0 Å². The van der Waals surface area contributed by atoms with E-state index in [1.165, 1.54) is 0 Å². The minimum atomic E-state index is -0.972. The standard InChI is InChI=1S/C38H50N8O7/c1-22(2)39-38(52)53-27-9-7-25(18-27)30-20-32(43-42-30)40-34(48)17-23-3-5-24(6-4-23)21-44-13-15-45(16-14-44)26-8-10-28-29(19-26)37(51)46(36(28)50)31-11-12-33(47)41-35(31)49/h8,10,19-20,22-25,27,31H,3-7,9,11-18,21H2,1-2H3,(H,39,52)(H,41,47,49)(H2,40,42,43,48)/t23?,24?,25-,27+,31?/m0/s1. The summed E-state index contributed by atoms with van der Waals surface area (Å²) in [6.07, 6.45) is 6.86. The van der Waals surface area contributed by atoms with Gasteiger partial charge in [-0.3, -0.25) is 44.2 Å². The number of rotatable bonds is 10. The fourth-order valence-corrected chi connectivity index (χ4v) is 8.64. The third-order valence-electron chi connectivity index (χ3n) is 11.5. The minimum Gasteiger partial charge on any atom is -0.446 e. The van der Waals surface area contributed by atoms with E-state index in [0.717, 1.165) is 94.0 Å². The van der Waals surface area contributed by atoms with E-state index in [-0.39, 0.29) is 42.9 Å². The van der Waals surface area contributed by atoms with Gasteiger partial charge < -0.3 is 20.3 Å². The Balaban J connectivity index is 0.813. The number of anilines is 2. The number of nitrogens with zero attached hydrogens (tertiary/aromatic N) is 4. The molecule has 1 aromatic heterocycles. The number of imide groups is 2. The highest BCUT2D eigenvalue weighted by Crippen LogP contribution is 2.37. The summed E-state index contributed by atoms with van der Waals surface area (Å²) in [5.74, 6) is -0.306. The monoisotopic (exact) mass is 730 g/mol. The maximum absolute atomic E-state index is 13.3. The summed E-state index contributed by atoms with van der Waals surface area (Å²) in [6, 6.07) is 6.26. The van der Waals surface area contributed by atoms with E-state index in [0.29, 0.717) is 35.2 Å². The summed E-state index contributed by atoms with van der Waals surface area (Å²) in [5, 5.41) is 15.4. The van der Waals surface area contributed by atoms with E-state index in [1.807, 2.05) is 26.0 Å². The summed E-state index contributed by atoms with van der Waals surface area (Å²) in [7, 11) is 0. The van der Waals surface area contributed by atoms with Gasteiger partial charge in [0.25, 0.3) is 11.8 Å². The first-order valence-corrected chi connectivity index (χ1v) is 19.2. The van der Waals surface area contributed by atoms with Crippen molar-refractivity contribution in [2.45, 2.75) is 102 Å². The van der Waals surface area contributed by atoms with E-state index in [9.17, 15) is 28.8 Å². The zero-order valence-corrected chi connectivity index (χ0v) is 30.5. The van der Waals surface area contributed by atoms with Gasteiger partial charge in [-0.05, 0) is 95.2 Å². The molecular formula is C38H50N8O7. The molecule has 53 heavy (non-hydrogen) atoms. The van der Waals surface area contributed by atoms with Crippen LogP contribution in [0.3, 0.4) is 0 Å². The average molecular weight is 731 g/mol. The number of hydrogen-bond donors (Lipinski definition) is 4. The van der Waals surface area contributed by atoms with Crippen LogP contribution in [0.2, 0.25) is 0 Å². The SMILES string of the molecule is CC(C)NC(=O)O[C@@H]1CC[C@H](c2cc(NC(=O)CC3CCC(CN4CCN(c5ccc6c(c5)C(=O)N(C5CCC(=O)NC5=O)C6=O)CC4)CC3)n[nH]2)C1. The quantitative estimate of drug-likeness (QED) is 0.264. The smallest absolute Gasteiger partial charge is 0.407 e. The van der Waals surface area contributed by atoms with Crippen LogP contribution in [-0.2, 0) is 19.1 Å². The van der Waals surface area contributed by atoms with Gasteiger partial charge in [-0.15, -0.1) is 0 Å². The van der Waals surface area contributed by atoms with Crippen LogP contribution >= 0.6 is 0 Å². The fourth-order valence-electron chi connectivity index (χ4n) is 8.64. The summed E-state index contributed by atoms with van der Waals surface area (Å²) in [5.41, 5.74) is 2.43. The molecule has 15 nitrogen and oxygen atoms in total. The molecule has 2 aromatic rings. The third kappa shape index (κ3) is 8.40. The Morgan fingerprint density at radius 1 is 0.906 bits per heavy atom. The molecule has 2 saturated heterocycles. The summed E-state index contributed by atoms with van der Waals surface area (Å²) in [6.45, 7) is 8.20. The lowest BCUT2D eigenvalue weighted by atomic mass is 9.80. The second kappa shape index (κ2) is 15.7. The maximum Gasteiger partial charge on any atom is 0.407 e. The molecule has 3 atom stereocenters. The van der Waals surface area contributed by atoms with Crippen molar-refractivity contribution in [1.82, 2.24) is 30.6 Å². The van der Waals surface area contributed by atoms with Crippen LogP contribution in [0.5, 0.6) is 0 Å². The lowest BCUT2D eigenvalue weighted by Crippen LogP contribution is -2.54. The highest BCUT2D eigenvalue weighted by atomic mass is 16.6. The number of aromatic nitrogens is 2. The number of amides is 6. The highest BCUT2D eigenvalue weighted by molar-refractivity contribution is 6.23. The molecule has 3 aliphatic heterocycles. The van der Waals surface area contributed by atoms with Crippen LogP contribution in [0.1, 0.15) is 110 Å². The molecule has 2 saturated carbocycles. The normalized spacial score (nSPS) is 26.5. The Morgan fingerprint density at radius 3 is 2.38 bits per heavy atom. The van der Waals surface area contributed by atoms with Gasteiger partial charge in [-0.25, -0.2) is 4.79 Å². The predicted molar refractivity (Wildman–Crippen MR) is 194 cm³/mol. The first-order valence-electron chi connectivity index (χ1n) is 19.2. The van der Waals surface area contributed by atoms with Crippen LogP contribution in [0, 0.1) is 11.8 Å². The molecule has 1 aromatic carbocycles. The number of H-pyrrole nitrogens is 1. The molecule has 0 radical (unpaired) electrons. The van der Waals surface area contributed by atoms with Crippen molar-refractivity contribution in [1.29, 1.82) is 0 Å². The number of piperidine rings is 1. The Hall–Kier alpha value is -4.79. The molecule has 4 N–H and O–H groups in total. The largest absolute Gasteiger partial charge is 0.446 e. The summed E-state index contributed by atoms with van der Waals surface area (Å²) < 4.78 is 5.55. The van der Waals surface area contributed by atoms with Gasteiger partial charge in [-0.1, -0.05) is 0 Å². The molecule has 2 aliphatic carbocycles. The molecule has 0 spiro atoms. The zero-order valence-electron chi connectivity index (χ0n) is 30.5. The first kappa shape index (κ1) is 36.6. The van der Waals surface area contributed by atoms with Crippen molar-refractivity contribution < 1.29 is 33.5 Å². The Kier molecular flexibility index (Phi) is 10.8. The highest BCUT2D eigenvalue weighted by Gasteiger charge is 2.45. The molecular weight excluding hydrogens is 680 g/mol. The van der Waals surface area contributed by atoms with Crippen molar-refractivity contribution >= 4 is 47.1 Å². The maximum atomic E-state index is 13.3. The van der Waals surface area contributed by atoms with Crippen molar-refractivity contribution in [3.63, 3.8) is 0 Å². The van der Waals surface area contributed by atoms with Crippen LogP contribution in [0.15, 0.2) is 24.3 Å². The van der Waals surface area contributed by atoms with Crippen LogP contribution in [0.25, 0.3) is 0 Å². The molecule has 284 valence electrons. The van der Waals surface area contributed by atoms with Crippen molar-refractivity contribution in [3.8, 4) is 0 Å². The van der Waals surface area contributed by atoms with Gasteiger partial charge in [0.15, 0.2) is 5.82 Å². The number of benzene rings is 1. The predicted octanol–water partition coefficient (Wildman–Crippen LogP) is 3.54. The average Bonchev–Trinajstić information content (AvgIpc) is 3.84. The molecule has 5 aliphatic rings. The van der Waals surface area contributed by atoms with E-state index >= 15 is 0 Å². The molecule has 15 heteroatoms. The van der Waals surface area contributed by atoms with Gasteiger partial charge in [0.2, 0.25) is 17.7 Å². The number of carbonyl (C=O) groups is 6. The van der Waals surface area contributed by atoms with Gasteiger partial charge in [0.1, 0.15) is 12.1 Å². The second-order valence-corrected chi connectivity index (χ2v) is 15.6. The molecule has 6 amide bonds. The number of ether oxygens (including phenoxy) is 1. The van der Waals surface area contributed by atoms with Crippen LogP contribution in [-0.4, -0.2) is 107 Å². The first-order chi connectivity index (χ1) is 25.5. The van der Waals surface area contributed by atoms with Crippen molar-refractivity contribution in [3.05, 3.63) is 41.1 Å². The van der Waals surface area contributed by atoms with E-state index < -0.39 is 29.7 Å². The van der Waals surface area contributed by atoms with Gasteiger partial charge in [0.05, 0.1) is 11.1 Å². The number of hydrogen-bond acceptors (Lipinski definition) is 10. The molecule has 1 unspecified atom stereocenters. The van der Waals surface area contributed by atoms with Crippen LogP contribution in [0.4, 0.5) is 16.3 Å². The molecule has 7 rings (SSSR count). The Morgan fingerprint density at radius 2 is 1.64 bits per heavy atom. The van der Waals surface area contributed by atoms with E-state index in [1.54, 1.807) is 12.1 Å². The Bertz CT molecular complexity index is 1740. The third-order valence-corrected chi connectivity index (χ3v) is 11.5. The number of nitrogens with one attached hydrogen (secondary N) is 4. The summed E-state index contributed by atoms with van der Waals surface area (Å²) in [4.78, 5) is 81.0. The molecule has 0 bridgehead atoms. The van der Waals surface area contributed by atoms with E-state index in [4.69, 9.17) is 4.74 Å². The number of alkyl carbamates (subject to hydrolysis) is 1. The molecule has 4 heterocycles. The Labute approximate surface area is 308 Å². The summed E-state index contributed by atoms with van der Waals surface area (Å²) >= 11 is 0. The molecule has 4 fully saturated rings. The van der Waals surface area contributed by atoms with E-state index in [2.05, 4.69) is 35.9 Å². The van der Waals surface area contributed by atoms with Crippen LogP contribution < -0.4 is 20.9 Å². The number of carbonyl (C=O) groups excluding carboxylic acids is 6. The lowest BCUT2D eigenvalue weighted by molar-refractivity contribution is -0.136. The second-order valence-electron chi connectivity index (χ2n) is 15.6. The van der Waals surface area contributed by atoms with Gasteiger partial charge >= 0.3 is 6.09 Å².